The molecular formula is C18H31N5O5. The number of carbonyl (C=O) groups excluding carboxylic acids is 2. The number of carbonyl (C=O) groups is 2. The van der Waals surface area contributed by atoms with E-state index in [1.165, 1.54) is 14.1 Å². The summed E-state index contributed by atoms with van der Waals surface area (Å²) in [6, 6.07) is 0. The van der Waals surface area contributed by atoms with Gasteiger partial charge in [0.05, 0.1) is 0 Å². The lowest BCUT2D eigenvalue weighted by Gasteiger charge is -2.19. The molecule has 1 aromatic rings. The van der Waals surface area contributed by atoms with Crippen LogP contribution in [0.15, 0.2) is 9.59 Å². The maximum absolute atomic E-state index is 12.1. The first kappa shape index (κ1) is 23.3. The van der Waals surface area contributed by atoms with Gasteiger partial charge in [0.15, 0.2) is 0 Å². The molecule has 0 aliphatic heterocycles. The topological polar surface area (TPSA) is 137 Å². The van der Waals surface area contributed by atoms with E-state index in [4.69, 9.17) is 10.5 Å². The Kier molecular flexibility index (Phi) is 8.27. The molecule has 10 nitrogen and oxygen atoms in total. The second kappa shape index (κ2) is 9.95. The number of nitrogens with zero attached hydrogens (tertiary/aromatic N) is 2. The van der Waals surface area contributed by atoms with Crippen LogP contribution in [0.3, 0.4) is 0 Å². The Bertz CT molecular complexity index is 819. The summed E-state index contributed by atoms with van der Waals surface area (Å²) in [4.78, 5) is 47.4. The summed E-state index contributed by atoms with van der Waals surface area (Å²) in [7, 11) is 2.75. The van der Waals surface area contributed by atoms with E-state index in [0.717, 1.165) is 28.4 Å². The third-order valence-corrected chi connectivity index (χ3v) is 3.97. The highest BCUT2D eigenvalue weighted by atomic mass is 16.6. The Morgan fingerprint density at radius 2 is 1.64 bits per heavy atom. The molecule has 158 valence electrons. The van der Waals surface area contributed by atoms with Crippen molar-refractivity contribution in [2.24, 2.45) is 14.1 Å². The lowest BCUT2D eigenvalue weighted by atomic mass is 10.1. The van der Waals surface area contributed by atoms with E-state index in [9.17, 15) is 19.2 Å². The van der Waals surface area contributed by atoms with Gasteiger partial charge in [-0.05, 0) is 33.6 Å². The first-order valence-electron chi connectivity index (χ1n) is 9.26. The van der Waals surface area contributed by atoms with Crippen molar-refractivity contribution in [3.8, 4) is 0 Å². The summed E-state index contributed by atoms with van der Waals surface area (Å²) in [5, 5.41) is 5.18. The van der Waals surface area contributed by atoms with Crippen LogP contribution in [0, 0.1) is 0 Å². The number of ether oxygens (including phenoxy) is 1. The van der Waals surface area contributed by atoms with Gasteiger partial charge in [0.25, 0.3) is 5.56 Å². The molecule has 1 rings (SSSR count). The van der Waals surface area contributed by atoms with Crippen LogP contribution in [0.25, 0.3) is 0 Å². The van der Waals surface area contributed by atoms with Gasteiger partial charge >= 0.3 is 11.8 Å². The Morgan fingerprint density at radius 1 is 1.04 bits per heavy atom. The maximum Gasteiger partial charge on any atom is 0.407 e. The van der Waals surface area contributed by atoms with Crippen LogP contribution in [0.5, 0.6) is 0 Å². The minimum atomic E-state index is -0.637. The number of hydrogen-bond donors (Lipinski definition) is 3. The molecule has 10 heteroatoms. The number of hydrogen-bond acceptors (Lipinski definition) is 6. The van der Waals surface area contributed by atoms with Gasteiger partial charge in [-0.15, -0.1) is 0 Å². The van der Waals surface area contributed by atoms with Crippen molar-refractivity contribution < 1.29 is 14.3 Å². The molecule has 0 unspecified atom stereocenters. The second-order valence-corrected chi connectivity index (χ2v) is 7.61. The fourth-order valence-corrected chi connectivity index (χ4v) is 2.45. The fraction of sp³-hybridized carbons (Fsp3) is 0.667. The molecule has 28 heavy (non-hydrogen) atoms. The largest absolute Gasteiger partial charge is 0.444 e. The zero-order valence-corrected chi connectivity index (χ0v) is 17.3. The average molecular weight is 397 g/mol. The van der Waals surface area contributed by atoms with Gasteiger partial charge in [0.2, 0.25) is 5.91 Å². The van der Waals surface area contributed by atoms with E-state index in [2.05, 4.69) is 10.6 Å². The molecule has 0 saturated heterocycles. The summed E-state index contributed by atoms with van der Waals surface area (Å²) in [6.07, 6.45) is 2.82. The maximum atomic E-state index is 12.1. The van der Waals surface area contributed by atoms with E-state index in [0.29, 0.717) is 13.0 Å². The number of nitrogens with two attached hydrogens (primary N) is 1. The van der Waals surface area contributed by atoms with Crippen LogP contribution < -0.4 is 27.6 Å². The molecule has 0 saturated carbocycles. The zero-order chi connectivity index (χ0) is 21.5. The number of nitrogens with one attached hydrogen (secondary N) is 2. The predicted molar refractivity (Wildman–Crippen MR) is 107 cm³/mol. The fourth-order valence-electron chi connectivity index (χ4n) is 2.45. The third-order valence-electron chi connectivity index (χ3n) is 3.97. The highest BCUT2D eigenvalue weighted by Gasteiger charge is 2.16. The average Bonchev–Trinajstić information content (AvgIpc) is 2.59. The van der Waals surface area contributed by atoms with Gasteiger partial charge in [-0.2, -0.15) is 0 Å². The van der Waals surface area contributed by atoms with Crippen LogP contribution in [0.1, 0.15) is 52.9 Å². The highest BCUT2D eigenvalue weighted by Crippen LogP contribution is 2.11. The van der Waals surface area contributed by atoms with Crippen LogP contribution >= 0.6 is 0 Å². The van der Waals surface area contributed by atoms with E-state index in [1.54, 1.807) is 20.8 Å². The van der Waals surface area contributed by atoms with Gasteiger partial charge in [0.1, 0.15) is 17.1 Å². The van der Waals surface area contributed by atoms with Crippen molar-refractivity contribution in [3.63, 3.8) is 0 Å². The van der Waals surface area contributed by atoms with Crippen molar-refractivity contribution in [3.05, 3.63) is 20.8 Å². The summed E-state index contributed by atoms with van der Waals surface area (Å²) in [5.41, 5.74) is 3.96. The monoisotopic (exact) mass is 397 g/mol. The Morgan fingerprint density at radius 3 is 2.25 bits per heavy atom. The molecule has 0 bridgehead atoms. The zero-order valence-electron chi connectivity index (χ0n) is 17.3. The molecule has 1 aromatic heterocycles. The molecule has 4 N–H and O–H groups in total. The Hall–Kier alpha value is -2.78. The normalized spacial score (nSPS) is 11.2. The third kappa shape index (κ3) is 7.09. The SMILES string of the molecule is Cn1c(N)c(NC(=O)CCCCCCNC(=O)OC(C)(C)C)c(=O)n(C)c1=O. The predicted octanol–water partition coefficient (Wildman–Crippen LogP) is 1.08. The lowest BCUT2D eigenvalue weighted by molar-refractivity contribution is -0.116. The van der Waals surface area contributed by atoms with Crippen molar-refractivity contribution >= 4 is 23.5 Å². The summed E-state index contributed by atoms with van der Waals surface area (Å²) in [5.74, 6) is -0.413. The molecular weight excluding hydrogens is 366 g/mol. The van der Waals surface area contributed by atoms with Crippen molar-refractivity contribution in [2.45, 2.75) is 58.5 Å². The number of anilines is 2. The molecule has 2 amide bonds. The van der Waals surface area contributed by atoms with Crippen LogP contribution in [0.2, 0.25) is 0 Å². The summed E-state index contributed by atoms with van der Waals surface area (Å²) < 4.78 is 7.13. The lowest BCUT2D eigenvalue weighted by Crippen LogP contribution is -2.40. The van der Waals surface area contributed by atoms with Crippen molar-refractivity contribution in [1.29, 1.82) is 0 Å². The number of amides is 2. The molecule has 0 aliphatic rings. The number of unbranched alkanes of at least 4 members (excludes halogenated alkanes) is 3. The van der Waals surface area contributed by atoms with Gasteiger partial charge in [0, 0.05) is 27.1 Å². The number of aromatic nitrogens is 2. The number of alkyl carbamates (subject to hydrolysis) is 1. The molecule has 1 heterocycles. The van der Waals surface area contributed by atoms with Crippen LogP contribution in [0.4, 0.5) is 16.3 Å². The second-order valence-electron chi connectivity index (χ2n) is 7.61. The van der Waals surface area contributed by atoms with E-state index < -0.39 is 22.9 Å². The van der Waals surface area contributed by atoms with Crippen LogP contribution in [-0.2, 0) is 23.6 Å². The molecule has 0 aliphatic carbocycles. The smallest absolute Gasteiger partial charge is 0.407 e. The molecule has 0 aromatic carbocycles. The minimum absolute atomic E-state index is 0.0744. The molecule has 0 atom stereocenters. The first-order chi connectivity index (χ1) is 12.9. The van der Waals surface area contributed by atoms with Gasteiger partial charge in [-0.25, -0.2) is 9.59 Å². The number of rotatable bonds is 8. The molecule has 0 radical (unpaired) electrons. The Labute approximate surface area is 164 Å². The van der Waals surface area contributed by atoms with E-state index in [1.807, 2.05) is 0 Å². The molecule has 0 spiro atoms. The van der Waals surface area contributed by atoms with E-state index in [-0.39, 0.29) is 23.8 Å². The van der Waals surface area contributed by atoms with E-state index >= 15 is 0 Å². The standard InChI is InChI=1S/C18H31N5O5/c1-18(2,3)28-16(26)20-11-9-7-6-8-10-12(24)21-13-14(19)22(4)17(27)23(5)15(13)25/h6-11,19H2,1-5H3,(H,20,26)(H,21,24). The summed E-state index contributed by atoms with van der Waals surface area (Å²) in [6.45, 7) is 5.91. The number of nitrogen functional groups attached to an aromatic ring is 1. The molecule has 0 fully saturated rings. The minimum Gasteiger partial charge on any atom is -0.444 e. The first-order valence-corrected chi connectivity index (χ1v) is 9.26. The van der Waals surface area contributed by atoms with Gasteiger partial charge < -0.3 is 21.1 Å². The van der Waals surface area contributed by atoms with Gasteiger partial charge in [-0.3, -0.25) is 18.7 Å². The highest BCUT2D eigenvalue weighted by molar-refractivity contribution is 5.92. The quantitative estimate of drug-likeness (QED) is 0.561. The van der Waals surface area contributed by atoms with Gasteiger partial charge in [-0.1, -0.05) is 12.8 Å². The Balaban J connectivity index is 2.33. The van der Waals surface area contributed by atoms with Crippen molar-refractivity contribution in [2.75, 3.05) is 17.6 Å². The van der Waals surface area contributed by atoms with Crippen LogP contribution in [-0.4, -0.2) is 33.3 Å². The summed E-state index contributed by atoms with van der Waals surface area (Å²) >= 11 is 0. The van der Waals surface area contributed by atoms with Crippen molar-refractivity contribution in [1.82, 2.24) is 14.5 Å².